The maximum atomic E-state index is 12.2. The van der Waals surface area contributed by atoms with Crippen molar-refractivity contribution in [2.45, 2.75) is 13.8 Å². The summed E-state index contributed by atoms with van der Waals surface area (Å²) in [6, 6.07) is 8.55. The van der Waals surface area contributed by atoms with Gasteiger partial charge in [0.25, 0.3) is 0 Å². The van der Waals surface area contributed by atoms with Crippen LogP contribution in [0.2, 0.25) is 0 Å². The van der Waals surface area contributed by atoms with Gasteiger partial charge in [-0.2, -0.15) is 0 Å². The molecular formula is C17H18BrN3O4. The predicted molar refractivity (Wildman–Crippen MR) is 100 cm³/mol. The van der Waals surface area contributed by atoms with E-state index in [9.17, 15) is 14.9 Å². The molecule has 0 fully saturated rings. The van der Waals surface area contributed by atoms with Crippen LogP contribution in [0.1, 0.15) is 11.1 Å². The summed E-state index contributed by atoms with van der Waals surface area (Å²) >= 11 is 3.39. The second kappa shape index (κ2) is 7.98. The molecule has 2 aromatic carbocycles. The molecule has 0 unspecified atom stereocenters. The Balaban J connectivity index is 2.08. The molecule has 132 valence electrons. The highest BCUT2D eigenvalue weighted by Gasteiger charge is 2.18. The molecule has 0 aliphatic carbocycles. The van der Waals surface area contributed by atoms with Gasteiger partial charge in [0, 0.05) is 28.0 Å². The molecule has 0 radical (unpaired) electrons. The van der Waals surface area contributed by atoms with E-state index in [0.29, 0.717) is 11.3 Å². The summed E-state index contributed by atoms with van der Waals surface area (Å²) in [5.74, 6) is -0.163. The molecule has 2 N–H and O–H groups in total. The number of nitrogens with one attached hydrogen (secondary N) is 2. The lowest BCUT2D eigenvalue weighted by atomic mass is 10.1. The standard InChI is InChI=1S/C17H18BrN3O4/c1-10-6-12(18)4-5-13(10)19-9-17(22)20-14-8-16(25-3)15(21(23)24)7-11(14)2/h4-8,19H,9H2,1-3H3,(H,20,22). The number of nitro benzene ring substituents is 1. The SMILES string of the molecule is COc1cc(NC(=O)CNc2ccc(Br)cc2C)c(C)cc1[N+](=O)[O-]. The fraction of sp³-hybridized carbons (Fsp3) is 0.235. The van der Waals surface area contributed by atoms with Crippen LogP contribution < -0.4 is 15.4 Å². The number of aryl methyl sites for hydroxylation is 2. The van der Waals surface area contributed by atoms with Crippen molar-refractivity contribution in [2.75, 3.05) is 24.3 Å². The minimum Gasteiger partial charge on any atom is -0.490 e. The molecule has 0 aliphatic heterocycles. The summed E-state index contributed by atoms with van der Waals surface area (Å²) in [6.07, 6.45) is 0. The average Bonchev–Trinajstić information content (AvgIpc) is 2.55. The number of ether oxygens (including phenoxy) is 1. The number of carbonyl (C=O) groups is 1. The molecular weight excluding hydrogens is 390 g/mol. The molecule has 0 aliphatic rings. The quantitative estimate of drug-likeness (QED) is 0.556. The molecule has 0 aromatic heterocycles. The molecule has 7 nitrogen and oxygen atoms in total. The van der Waals surface area contributed by atoms with Crippen molar-refractivity contribution in [1.29, 1.82) is 0 Å². The van der Waals surface area contributed by atoms with Gasteiger partial charge in [0.15, 0.2) is 5.75 Å². The van der Waals surface area contributed by atoms with Crippen molar-refractivity contribution in [3.05, 3.63) is 56.0 Å². The van der Waals surface area contributed by atoms with E-state index in [2.05, 4.69) is 26.6 Å². The molecule has 0 atom stereocenters. The van der Waals surface area contributed by atoms with Gasteiger partial charge in [-0.1, -0.05) is 15.9 Å². The monoisotopic (exact) mass is 407 g/mol. The molecule has 8 heteroatoms. The summed E-state index contributed by atoms with van der Waals surface area (Å²) in [5, 5.41) is 16.8. The van der Waals surface area contributed by atoms with Crippen LogP contribution in [-0.4, -0.2) is 24.5 Å². The first-order chi connectivity index (χ1) is 11.8. The molecule has 0 saturated heterocycles. The highest BCUT2D eigenvalue weighted by atomic mass is 79.9. The summed E-state index contributed by atoms with van der Waals surface area (Å²) in [6.45, 7) is 3.70. The Hall–Kier alpha value is -2.61. The minimum atomic E-state index is -0.519. The van der Waals surface area contributed by atoms with Gasteiger partial charge in [-0.25, -0.2) is 0 Å². The highest BCUT2D eigenvalue weighted by Crippen LogP contribution is 2.32. The Kier molecular flexibility index (Phi) is 5.97. The number of nitro groups is 1. The van der Waals surface area contributed by atoms with Crippen LogP contribution in [0, 0.1) is 24.0 Å². The number of methoxy groups -OCH3 is 1. The van der Waals surface area contributed by atoms with Gasteiger partial charge in [-0.3, -0.25) is 14.9 Å². The van der Waals surface area contributed by atoms with E-state index in [1.807, 2.05) is 25.1 Å². The normalized spacial score (nSPS) is 10.2. The van der Waals surface area contributed by atoms with Crippen LogP contribution in [0.5, 0.6) is 5.75 Å². The molecule has 0 spiro atoms. The van der Waals surface area contributed by atoms with Crippen molar-refractivity contribution < 1.29 is 14.5 Å². The summed E-state index contributed by atoms with van der Waals surface area (Å²) in [7, 11) is 1.35. The third kappa shape index (κ3) is 4.69. The third-order valence-corrected chi connectivity index (χ3v) is 4.12. The van der Waals surface area contributed by atoms with Crippen molar-refractivity contribution in [1.82, 2.24) is 0 Å². The third-order valence-electron chi connectivity index (χ3n) is 3.62. The van der Waals surface area contributed by atoms with Crippen molar-refractivity contribution in [3.63, 3.8) is 0 Å². The summed E-state index contributed by atoms with van der Waals surface area (Å²) in [5.41, 5.74) is 2.79. The molecule has 25 heavy (non-hydrogen) atoms. The Bertz CT molecular complexity index is 824. The Morgan fingerprint density at radius 1 is 1.20 bits per heavy atom. The van der Waals surface area contributed by atoms with Crippen LogP contribution in [-0.2, 0) is 4.79 Å². The van der Waals surface area contributed by atoms with Gasteiger partial charge >= 0.3 is 5.69 Å². The first-order valence-electron chi connectivity index (χ1n) is 7.44. The lowest BCUT2D eigenvalue weighted by molar-refractivity contribution is -0.385. The maximum absolute atomic E-state index is 12.2. The Morgan fingerprint density at radius 3 is 2.48 bits per heavy atom. The van der Waals surface area contributed by atoms with Crippen LogP contribution in [0.25, 0.3) is 0 Å². The number of hydrogen-bond donors (Lipinski definition) is 2. The zero-order chi connectivity index (χ0) is 18.6. The van der Waals surface area contributed by atoms with Gasteiger partial charge in [0.1, 0.15) is 0 Å². The van der Waals surface area contributed by atoms with E-state index >= 15 is 0 Å². The number of benzene rings is 2. The van der Waals surface area contributed by atoms with Gasteiger partial charge in [0.05, 0.1) is 18.6 Å². The van der Waals surface area contributed by atoms with Gasteiger partial charge in [-0.05, 0) is 43.2 Å². The first kappa shape index (κ1) is 18.7. The van der Waals surface area contributed by atoms with Gasteiger partial charge in [-0.15, -0.1) is 0 Å². The number of rotatable bonds is 6. The highest BCUT2D eigenvalue weighted by molar-refractivity contribution is 9.10. The largest absolute Gasteiger partial charge is 0.490 e. The second-order valence-electron chi connectivity index (χ2n) is 5.46. The number of halogens is 1. The van der Waals surface area contributed by atoms with Crippen LogP contribution >= 0.6 is 15.9 Å². The van der Waals surface area contributed by atoms with E-state index in [0.717, 1.165) is 15.7 Å². The zero-order valence-corrected chi connectivity index (χ0v) is 15.6. The van der Waals surface area contributed by atoms with E-state index in [4.69, 9.17) is 4.74 Å². The fourth-order valence-electron chi connectivity index (χ4n) is 2.31. The average molecular weight is 408 g/mol. The molecule has 2 aromatic rings. The van der Waals surface area contributed by atoms with E-state index < -0.39 is 4.92 Å². The Morgan fingerprint density at radius 2 is 1.88 bits per heavy atom. The van der Waals surface area contributed by atoms with Crippen LogP contribution in [0.4, 0.5) is 17.1 Å². The molecule has 0 bridgehead atoms. The number of anilines is 2. The summed E-state index contributed by atoms with van der Waals surface area (Å²) < 4.78 is 5.99. The smallest absolute Gasteiger partial charge is 0.311 e. The molecule has 0 heterocycles. The van der Waals surface area contributed by atoms with E-state index in [-0.39, 0.29) is 23.9 Å². The number of nitrogens with zero attached hydrogens (tertiary/aromatic N) is 1. The number of carbonyl (C=O) groups excluding carboxylic acids is 1. The topological polar surface area (TPSA) is 93.5 Å². The fourth-order valence-corrected chi connectivity index (χ4v) is 2.78. The predicted octanol–water partition coefficient (Wildman–Crippen LogP) is 4.03. The first-order valence-corrected chi connectivity index (χ1v) is 8.24. The van der Waals surface area contributed by atoms with Crippen LogP contribution in [0.15, 0.2) is 34.8 Å². The van der Waals surface area contributed by atoms with E-state index in [1.165, 1.54) is 19.2 Å². The minimum absolute atomic E-state index is 0.0707. The van der Waals surface area contributed by atoms with Crippen LogP contribution in [0.3, 0.4) is 0 Å². The zero-order valence-electron chi connectivity index (χ0n) is 14.1. The molecule has 2 rings (SSSR count). The lowest BCUT2D eigenvalue weighted by Gasteiger charge is -2.13. The number of hydrogen-bond acceptors (Lipinski definition) is 5. The Labute approximate surface area is 153 Å². The van der Waals surface area contributed by atoms with Gasteiger partial charge < -0.3 is 15.4 Å². The molecule has 1 amide bonds. The van der Waals surface area contributed by atoms with E-state index in [1.54, 1.807) is 6.92 Å². The van der Waals surface area contributed by atoms with Gasteiger partial charge in [0.2, 0.25) is 5.91 Å². The van der Waals surface area contributed by atoms with Crippen molar-refractivity contribution >= 4 is 38.9 Å². The second-order valence-corrected chi connectivity index (χ2v) is 6.37. The summed E-state index contributed by atoms with van der Waals surface area (Å²) in [4.78, 5) is 22.7. The van der Waals surface area contributed by atoms with Crippen molar-refractivity contribution in [3.8, 4) is 5.75 Å². The lowest BCUT2D eigenvalue weighted by Crippen LogP contribution is -2.22. The number of amides is 1. The molecule has 0 saturated carbocycles. The van der Waals surface area contributed by atoms with Crippen molar-refractivity contribution in [2.24, 2.45) is 0 Å². The maximum Gasteiger partial charge on any atom is 0.311 e.